The highest BCUT2D eigenvalue weighted by molar-refractivity contribution is 5.94. The number of halogens is 3. The van der Waals surface area contributed by atoms with Gasteiger partial charge in [-0.15, -0.1) is 13.2 Å². The Bertz CT molecular complexity index is 495. The van der Waals surface area contributed by atoms with Crippen LogP contribution in [0.1, 0.15) is 16.8 Å². The second kappa shape index (κ2) is 5.90. The molecule has 0 aromatic heterocycles. The van der Waals surface area contributed by atoms with Gasteiger partial charge in [-0.25, -0.2) is 0 Å². The smallest absolute Gasteiger partial charge is 0.406 e. The van der Waals surface area contributed by atoms with Crippen LogP contribution in [0.5, 0.6) is 5.75 Å². The molecular weight excluding hydrogens is 291 g/mol. The summed E-state index contributed by atoms with van der Waals surface area (Å²) in [5.41, 5.74) is -0.915. The molecule has 2 rings (SSSR count). The van der Waals surface area contributed by atoms with Gasteiger partial charge in [-0.05, 0) is 24.3 Å². The van der Waals surface area contributed by atoms with Crippen LogP contribution in [0.2, 0.25) is 0 Å². The van der Waals surface area contributed by atoms with E-state index < -0.39 is 23.6 Å². The van der Waals surface area contributed by atoms with Crippen molar-refractivity contribution < 1.29 is 32.5 Å². The minimum atomic E-state index is -4.77. The summed E-state index contributed by atoms with van der Waals surface area (Å²) in [6.45, 7) is 0.591. The summed E-state index contributed by atoms with van der Waals surface area (Å²) < 4.78 is 44.7. The van der Waals surface area contributed by atoms with Crippen molar-refractivity contribution in [3.05, 3.63) is 29.8 Å². The van der Waals surface area contributed by atoms with Crippen LogP contribution in [0.15, 0.2) is 24.3 Å². The van der Waals surface area contributed by atoms with E-state index in [9.17, 15) is 23.1 Å². The maximum Gasteiger partial charge on any atom is 0.573 e. The number of alkyl halides is 3. The molecule has 8 heteroatoms. The molecule has 0 unspecified atom stereocenters. The zero-order valence-electron chi connectivity index (χ0n) is 10.9. The van der Waals surface area contributed by atoms with Gasteiger partial charge in [-0.2, -0.15) is 0 Å². The van der Waals surface area contributed by atoms with Crippen molar-refractivity contribution in [3.8, 4) is 5.75 Å². The third-order valence-corrected chi connectivity index (χ3v) is 3.01. The molecule has 0 aliphatic carbocycles. The summed E-state index contributed by atoms with van der Waals surface area (Å²) in [6, 6.07) is 4.53. The molecule has 1 saturated heterocycles. The number of aliphatic hydroxyl groups is 1. The quantitative estimate of drug-likeness (QED) is 0.884. The summed E-state index contributed by atoms with van der Waals surface area (Å²) in [5.74, 6) is -0.893. The highest BCUT2D eigenvalue weighted by Gasteiger charge is 2.33. The van der Waals surface area contributed by atoms with Gasteiger partial charge in [0.25, 0.3) is 5.91 Å². The van der Waals surface area contributed by atoms with Crippen molar-refractivity contribution in [1.29, 1.82) is 0 Å². The van der Waals surface area contributed by atoms with Crippen molar-refractivity contribution in [2.75, 3.05) is 19.8 Å². The maximum absolute atomic E-state index is 12.0. The van der Waals surface area contributed by atoms with Crippen molar-refractivity contribution >= 4 is 5.91 Å². The highest BCUT2D eigenvalue weighted by Crippen LogP contribution is 2.23. The summed E-state index contributed by atoms with van der Waals surface area (Å²) in [6.07, 6.45) is -4.35. The first-order chi connectivity index (χ1) is 9.77. The van der Waals surface area contributed by atoms with E-state index in [0.29, 0.717) is 13.0 Å². The molecule has 0 saturated carbocycles. The highest BCUT2D eigenvalue weighted by atomic mass is 19.4. The lowest BCUT2D eigenvalue weighted by Gasteiger charge is -2.20. The van der Waals surface area contributed by atoms with Crippen LogP contribution >= 0.6 is 0 Å². The monoisotopic (exact) mass is 305 g/mol. The average molecular weight is 305 g/mol. The first kappa shape index (κ1) is 15.6. The van der Waals surface area contributed by atoms with Crippen LogP contribution in [-0.2, 0) is 4.74 Å². The van der Waals surface area contributed by atoms with E-state index in [-0.39, 0.29) is 18.7 Å². The molecule has 1 aromatic carbocycles. The van der Waals surface area contributed by atoms with E-state index in [0.717, 1.165) is 12.1 Å². The molecule has 0 spiro atoms. The molecular formula is C13H14F3NO4. The topological polar surface area (TPSA) is 67.8 Å². The van der Waals surface area contributed by atoms with Gasteiger partial charge in [0.05, 0.1) is 6.61 Å². The molecule has 1 aliphatic heterocycles. The van der Waals surface area contributed by atoms with Gasteiger partial charge >= 0.3 is 6.36 Å². The lowest BCUT2D eigenvalue weighted by Crippen LogP contribution is -2.43. The van der Waals surface area contributed by atoms with Crippen molar-refractivity contribution in [2.24, 2.45) is 0 Å². The summed E-state index contributed by atoms with van der Waals surface area (Å²) in [7, 11) is 0. The Kier molecular flexibility index (Phi) is 4.38. The van der Waals surface area contributed by atoms with Gasteiger partial charge in [-0.1, -0.05) is 0 Å². The zero-order chi connectivity index (χ0) is 15.5. The summed E-state index contributed by atoms with van der Waals surface area (Å²) >= 11 is 0. The second-order valence-electron chi connectivity index (χ2n) is 4.78. The molecule has 1 heterocycles. The van der Waals surface area contributed by atoms with E-state index in [1.807, 2.05) is 0 Å². The lowest BCUT2D eigenvalue weighted by molar-refractivity contribution is -0.274. The van der Waals surface area contributed by atoms with Gasteiger partial charge in [-0.3, -0.25) is 4.79 Å². The van der Waals surface area contributed by atoms with E-state index in [1.54, 1.807) is 0 Å². The number of nitrogens with one attached hydrogen (secondary N) is 1. The minimum Gasteiger partial charge on any atom is -0.406 e. The van der Waals surface area contributed by atoms with Crippen LogP contribution < -0.4 is 10.1 Å². The first-order valence-corrected chi connectivity index (χ1v) is 6.22. The average Bonchev–Trinajstić information content (AvgIpc) is 2.82. The van der Waals surface area contributed by atoms with Crippen molar-refractivity contribution in [3.63, 3.8) is 0 Å². The largest absolute Gasteiger partial charge is 0.573 e. The predicted molar refractivity (Wildman–Crippen MR) is 65.8 cm³/mol. The predicted octanol–water partition coefficient (Wildman–Crippen LogP) is 1.47. The number of hydrogen-bond donors (Lipinski definition) is 2. The number of carbonyl (C=O) groups excluding carboxylic acids is 1. The van der Waals surface area contributed by atoms with E-state index >= 15 is 0 Å². The molecule has 116 valence electrons. The van der Waals surface area contributed by atoms with Crippen molar-refractivity contribution in [2.45, 2.75) is 18.4 Å². The van der Waals surface area contributed by atoms with Gasteiger partial charge in [0.15, 0.2) is 0 Å². The Labute approximate surface area is 118 Å². The Balaban J connectivity index is 1.90. The third-order valence-electron chi connectivity index (χ3n) is 3.01. The van der Waals surface area contributed by atoms with Crippen molar-refractivity contribution in [1.82, 2.24) is 5.32 Å². The van der Waals surface area contributed by atoms with Gasteiger partial charge in [0.2, 0.25) is 0 Å². The Morgan fingerprint density at radius 2 is 2.05 bits per heavy atom. The Morgan fingerprint density at radius 1 is 1.38 bits per heavy atom. The molecule has 21 heavy (non-hydrogen) atoms. The molecule has 1 fully saturated rings. The molecule has 1 amide bonds. The molecule has 1 aliphatic rings. The summed E-state index contributed by atoms with van der Waals surface area (Å²) in [4.78, 5) is 11.8. The first-order valence-electron chi connectivity index (χ1n) is 6.22. The van der Waals surface area contributed by atoms with Crippen LogP contribution in [0, 0.1) is 0 Å². The van der Waals surface area contributed by atoms with Crippen LogP contribution in [-0.4, -0.2) is 42.7 Å². The van der Waals surface area contributed by atoms with Crippen LogP contribution in [0.3, 0.4) is 0 Å². The number of carbonyl (C=O) groups is 1. The molecule has 5 nitrogen and oxygen atoms in total. The fraction of sp³-hybridized carbons (Fsp3) is 0.462. The molecule has 0 radical (unpaired) electrons. The summed E-state index contributed by atoms with van der Waals surface area (Å²) in [5, 5.41) is 12.5. The molecule has 1 aromatic rings. The fourth-order valence-electron chi connectivity index (χ4n) is 1.89. The normalized spacial score (nSPS) is 22.1. The number of benzene rings is 1. The number of hydrogen-bond acceptors (Lipinski definition) is 4. The number of amides is 1. The van der Waals surface area contributed by atoms with Gasteiger partial charge < -0.3 is 19.9 Å². The third kappa shape index (κ3) is 4.61. The number of rotatable bonds is 4. The second-order valence-corrected chi connectivity index (χ2v) is 4.78. The Morgan fingerprint density at radius 3 is 2.57 bits per heavy atom. The zero-order valence-corrected chi connectivity index (χ0v) is 10.9. The van der Waals surface area contributed by atoms with E-state index in [1.165, 1.54) is 12.1 Å². The molecule has 0 bridgehead atoms. The molecule has 2 N–H and O–H groups in total. The SMILES string of the molecule is O=C(NC[C@@]1(O)CCOC1)c1ccc(OC(F)(F)F)cc1. The van der Waals surface area contributed by atoms with Gasteiger partial charge in [0.1, 0.15) is 11.4 Å². The van der Waals surface area contributed by atoms with Gasteiger partial charge in [0, 0.05) is 25.1 Å². The number of ether oxygens (including phenoxy) is 2. The van der Waals surface area contributed by atoms with Crippen LogP contribution in [0.4, 0.5) is 13.2 Å². The minimum absolute atomic E-state index is 0.0205. The standard InChI is InChI=1S/C13H14F3NO4/c14-13(15,16)21-10-3-1-9(2-4-10)11(18)17-7-12(19)5-6-20-8-12/h1-4,19H,5-8H2,(H,17,18)/t12-/m0/s1. The lowest BCUT2D eigenvalue weighted by atomic mass is 10.0. The maximum atomic E-state index is 12.0. The van der Waals surface area contributed by atoms with E-state index in [4.69, 9.17) is 4.74 Å². The van der Waals surface area contributed by atoms with Crippen LogP contribution in [0.25, 0.3) is 0 Å². The van der Waals surface area contributed by atoms with E-state index in [2.05, 4.69) is 10.1 Å². The fourth-order valence-corrected chi connectivity index (χ4v) is 1.89. The molecule has 1 atom stereocenters. The Hall–Kier alpha value is -1.80.